The molecule has 1 aromatic heterocycles. The van der Waals surface area contributed by atoms with Crippen LogP contribution in [-0.2, 0) is 4.74 Å². The molecule has 2 N–H and O–H groups in total. The Bertz CT molecular complexity index is 1040. The Kier molecular flexibility index (Phi) is 6.96. The maximum absolute atomic E-state index is 13.5. The Balaban J connectivity index is 0.00000204. The Morgan fingerprint density at radius 3 is 2.50 bits per heavy atom. The van der Waals surface area contributed by atoms with E-state index in [0.717, 1.165) is 62.1 Å². The molecule has 1 aliphatic rings. The van der Waals surface area contributed by atoms with Crippen molar-refractivity contribution in [1.29, 1.82) is 0 Å². The number of aryl methyl sites for hydroxylation is 1. The quantitative estimate of drug-likeness (QED) is 0.527. The van der Waals surface area contributed by atoms with E-state index in [1.165, 1.54) is 23.1 Å². The molecule has 0 radical (unpaired) electrons. The van der Waals surface area contributed by atoms with Gasteiger partial charge >= 0.3 is 0 Å². The summed E-state index contributed by atoms with van der Waals surface area (Å²) in [6.45, 7) is 5.89. The summed E-state index contributed by atoms with van der Waals surface area (Å²) in [5.41, 5.74) is 3.25. The summed E-state index contributed by atoms with van der Waals surface area (Å²) < 4.78 is 33.5. The Morgan fingerprint density at radius 2 is 1.78 bits per heavy atom. The van der Waals surface area contributed by atoms with Gasteiger partial charge in [0.2, 0.25) is 5.95 Å². The molecule has 0 aliphatic carbocycles. The largest absolute Gasteiger partial charge is 0.383 e. The lowest BCUT2D eigenvalue weighted by molar-refractivity contribution is 0.132. The molecule has 1 aliphatic heterocycles. The molecule has 32 heavy (non-hydrogen) atoms. The number of ether oxygens (including phenoxy) is 1. The van der Waals surface area contributed by atoms with Gasteiger partial charge in [-0.1, -0.05) is 0 Å². The molecule has 0 unspecified atom stereocenters. The van der Waals surface area contributed by atoms with Crippen molar-refractivity contribution in [3.63, 3.8) is 0 Å². The number of halogens is 2. The molecular weight excluding hydrogens is 414 g/mol. The van der Waals surface area contributed by atoms with Crippen LogP contribution in [-0.4, -0.2) is 59.1 Å². The first-order chi connectivity index (χ1) is 15.5. The molecule has 0 spiro atoms. The highest BCUT2D eigenvalue weighted by molar-refractivity contribution is 5.63. The molecule has 3 aromatic rings. The van der Waals surface area contributed by atoms with Crippen molar-refractivity contribution in [2.75, 3.05) is 44.0 Å². The van der Waals surface area contributed by atoms with Crippen LogP contribution < -0.4 is 10.6 Å². The van der Waals surface area contributed by atoms with Crippen molar-refractivity contribution in [3.05, 3.63) is 59.9 Å². The van der Waals surface area contributed by atoms with Crippen LogP contribution in [0, 0.1) is 18.6 Å². The summed E-state index contributed by atoms with van der Waals surface area (Å²) in [6.07, 6.45) is 3.58. The molecular formula is C23H32F2N6O. The molecule has 2 aromatic carbocycles. The van der Waals surface area contributed by atoms with Gasteiger partial charge in [0.15, 0.2) is 0 Å². The lowest BCUT2D eigenvalue weighted by Crippen LogP contribution is -2.40. The summed E-state index contributed by atoms with van der Waals surface area (Å²) in [4.78, 5) is 6.64. The Hall–Kier alpha value is -3.04. The molecule has 7 nitrogen and oxygen atoms in total. The van der Waals surface area contributed by atoms with Crippen molar-refractivity contribution < 1.29 is 16.4 Å². The van der Waals surface area contributed by atoms with E-state index in [4.69, 9.17) is 4.74 Å². The number of hydrogen-bond donors (Lipinski definition) is 2. The summed E-state index contributed by atoms with van der Waals surface area (Å²) in [6, 6.07) is 9.79. The van der Waals surface area contributed by atoms with Gasteiger partial charge in [0.05, 0.1) is 12.3 Å². The minimum atomic E-state index is -0.663. The molecule has 0 bridgehead atoms. The first kappa shape index (κ1) is 22.2. The molecule has 9 heteroatoms. The van der Waals surface area contributed by atoms with E-state index in [0.29, 0.717) is 12.0 Å². The first-order valence-electron chi connectivity index (χ1n) is 10.7. The van der Waals surface area contributed by atoms with Gasteiger partial charge in [-0.2, -0.15) is 4.98 Å². The highest BCUT2D eigenvalue weighted by atomic mass is 19.1. The maximum atomic E-state index is 13.5. The van der Waals surface area contributed by atoms with Gasteiger partial charge in [-0.25, -0.2) is 13.5 Å². The standard InChI is InChI=1S/C23H28F2N6O.2H2/c1-16-9-20(27-19-3-5-30(6-4-19)7-8-32-2)14-21(10-16)28-23-26-15-31(29-23)22-12-17(24)11-18(25)13-22;;/h9-15,19,27H,3-8H2,1-2H3,(H,28,29);2*1H. The third-order valence-corrected chi connectivity index (χ3v) is 5.51. The molecule has 2 heterocycles. The van der Waals surface area contributed by atoms with Crippen LogP contribution in [0.25, 0.3) is 5.69 Å². The number of hydrogen-bond acceptors (Lipinski definition) is 6. The van der Waals surface area contributed by atoms with Crippen molar-refractivity contribution in [3.8, 4) is 5.69 Å². The second-order valence-corrected chi connectivity index (χ2v) is 8.11. The highest BCUT2D eigenvalue weighted by Gasteiger charge is 2.19. The monoisotopic (exact) mass is 446 g/mol. The summed E-state index contributed by atoms with van der Waals surface area (Å²) >= 11 is 0. The van der Waals surface area contributed by atoms with E-state index >= 15 is 0 Å². The number of aromatic nitrogens is 3. The van der Waals surface area contributed by atoms with Crippen molar-refractivity contribution in [2.45, 2.75) is 25.8 Å². The number of likely N-dealkylation sites (tertiary alicyclic amines) is 1. The molecule has 0 saturated carbocycles. The van der Waals surface area contributed by atoms with Gasteiger partial charge in [-0.05, 0) is 55.7 Å². The SMILES string of the molecule is COCCN1CCC(Nc2cc(C)cc(Nc3ncn(-c4cc(F)cc(F)c4)n3)c2)CC1.[HH].[HH]. The van der Waals surface area contributed by atoms with E-state index in [2.05, 4.69) is 31.7 Å². The van der Waals surface area contributed by atoms with E-state index < -0.39 is 11.6 Å². The van der Waals surface area contributed by atoms with Gasteiger partial charge in [0.1, 0.15) is 18.0 Å². The fraction of sp³-hybridized carbons (Fsp3) is 0.391. The van der Waals surface area contributed by atoms with E-state index in [-0.39, 0.29) is 8.54 Å². The second-order valence-electron chi connectivity index (χ2n) is 8.11. The average Bonchev–Trinajstić information content (AvgIpc) is 3.21. The van der Waals surface area contributed by atoms with Gasteiger partial charge in [0.25, 0.3) is 0 Å². The van der Waals surface area contributed by atoms with Crippen LogP contribution >= 0.6 is 0 Å². The summed E-state index contributed by atoms with van der Waals surface area (Å²) in [7, 11) is 1.74. The molecule has 4 rings (SSSR count). The second kappa shape index (κ2) is 10.1. The Morgan fingerprint density at radius 1 is 1.06 bits per heavy atom. The predicted molar refractivity (Wildman–Crippen MR) is 125 cm³/mol. The van der Waals surface area contributed by atoms with Crippen LogP contribution in [0.4, 0.5) is 26.1 Å². The zero-order valence-corrected chi connectivity index (χ0v) is 18.3. The van der Waals surface area contributed by atoms with Crippen LogP contribution in [0.1, 0.15) is 21.3 Å². The predicted octanol–water partition coefficient (Wildman–Crippen LogP) is 4.61. The van der Waals surface area contributed by atoms with Gasteiger partial charge in [0, 0.05) is 53.1 Å². The highest BCUT2D eigenvalue weighted by Crippen LogP contribution is 2.24. The number of benzene rings is 2. The van der Waals surface area contributed by atoms with Crippen LogP contribution in [0.5, 0.6) is 0 Å². The molecule has 174 valence electrons. The Labute approximate surface area is 189 Å². The van der Waals surface area contributed by atoms with E-state index in [1.807, 2.05) is 19.1 Å². The molecule has 0 amide bonds. The number of piperidine rings is 1. The summed E-state index contributed by atoms with van der Waals surface area (Å²) in [5.74, 6) is -0.981. The number of nitrogens with one attached hydrogen (secondary N) is 2. The summed E-state index contributed by atoms with van der Waals surface area (Å²) in [5, 5.41) is 11.1. The zero-order chi connectivity index (χ0) is 22.5. The smallest absolute Gasteiger partial charge is 0.246 e. The number of rotatable bonds is 8. The zero-order valence-electron chi connectivity index (χ0n) is 18.3. The third kappa shape index (κ3) is 5.80. The van der Waals surface area contributed by atoms with Crippen LogP contribution in [0.2, 0.25) is 0 Å². The average molecular weight is 447 g/mol. The van der Waals surface area contributed by atoms with Gasteiger partial charge < -0.3 is 20.3 Å². The first-order valence-corrected chi connectivity index (χ1v) is 10.7. The molecule has 0 atom stereocenters. The number of methoxy groups -OCH3 is 1. The van der Waals surface area contributed by atoms with Crippen molar-refractivity contribution in [2.24, 2.45) is 0 Å². The van der Waals surface area contributed by atoms with Crippen molar-refractivity contribution in [1.82, 2.24) is 19.7 Å². The van der Waals surface area contributed by atoms with Gasteiger partial charge in [-0.15, -0.1) is 5.10 Å². The number of anilines is 3. The maximum Gasteiger partial charge on any atom is 0.246 e. The van der Waals surface area contributed by atoms with E-state index in [1.54, 1.807) is 7.11 Å². The van der Waals surface area contributed by atoms with Crippen molar-refractivity contribution >= 4 is 17.3 Å². The third-order valence-electron chi connectivity index (χ3n) is 5.51. The topological polar surface area (TPSA) is 67.2 Å². The van der Waals surface area contributed by atoms with Gasteiger partial charge in [-0.3, -0.25) is 0 Å². The normalized spacial score (nSPS) is 15.1. The lowest BCUT2D eigenvalue weighted by atomic mass is 10.0. The van der Waals surface area contributed by atoms with E-state index in [9.17, 15) is 8.78 Å². The fourth-order valence-electron chi connectivity index (χ4n) is 3.94. The fourth-order valence-corrected chi connectivity index (χ4v) is 3.94. The van der Waals surface area contributed by atoms with Crippen LogP contribution in [0.3, 0.4) is 0 Å². The molecule has 1 saturated heterocycles. The number of nitrogens with zero attached hydrogens (tertiary/aromatic N) is 4. The van der Waals surface area contributed by atoms with Crippen LogP contribution in [0.15, 0.2) is 42.7 Å². The minimum Gasteiger partial charge on any atom is -0.383 e. The minimum absolute atomic E-state index is 0. The lowest BCUT2D eigenvalue weighted by Gasteiger charge is -2.32. The molecule has 1 fully saturated rings.